The van der Waals surface area contributed by atoms with E-state index in [9.17, 15) is 9.59 Å². The minimum absolute atomic E-state index is 0.171. The monoisotopic (exact) mass is 508 g/mol. The van der Waals surface area contributed by atoms with Gasteiger partial charge in [0.15, 0.2) is 0 Å². The van der Waals surface area contributed by atoms with Crippen LogP contribution in [0.5, 0.6) is 11.5 Å². The lowest BCUT2D eigenvalue weighted by Gasteiger charge is -2.13. The van der Waals surface area contributed by atoms with E-state index in [2.05, 4.69) is 10.6 Å². The van der Waals surface area contributed by atoms with Gasteiger partial charge in [0.2, 0.25) is 0 Å². The minimum atomic E-state index is -0.171. The summed E-state index contributed by atoms with van der Waals surface area (Å²) in [7, 11) is 0. The van der Waals surface area contributed by atoms with Crippen LogP contribution in [0, 0.1) is 0 Å². The Kier molecular flexibility index (Phi) is 9.92. The number of nitrogens with one attached hydrogen (secondary N) is 2. The number of amides is 2. The van der Waals surface area contributed by atoms with Gasteiger partial charge in [0.25, 0.3) is 11.8 Å². The van der Waals surface area contributed by atoms with Gasteiger partial charge in [-0.05, 0) is 48.2 Å². The highest BCUT2D eigenvalue weighted by Crippen LogP contribution is 2.20. The van der Waals surface area contributed by atoms with E-state index in [4.69, 9.17) is 9.47 Å². The molecule has 0 saturated carbocycles. The molecule has 194 valence electrons. The van der Waals surface area contributed by atoms with E-state index < -0.39 is 0 Å². The second-order valence-corrected chi connectivity index (χ2v) is 8.73. The van der Waals surface area contributed by atoms with Crippen molar-refractivity contribution in [2.75, 3.05) is 13.2 Å². The quantitative estimate of drug-likeness (QED) is 0.224. The molecule has 0 aliphatic carbocycles. The molecule has 0 saturated heterocycles. The van der Waals surface area contributed by atoms with Crippen molar-refractivity contribution >= 4 is 11.8 Å². The van der Waals surface area contributed by atoms with E-state index in [1.165, 1.54) is 0 Å². The summed E-state index contributed by atoms with van der Waals surface area (Å²) in [4.78, 5) is 25.4. The van der Waals surface area contributed by atoms with E-state index in [-0.39, 0.29) is 11.8 Å². The average Bonchev–Trinajstić information content (AvgIpc) is 2.98. The summed E-state index contributed by atoms with van der Waals surface area (Å²) in [6.45, 7) is 1.81. The lowest BCUT2D eigenvalue weighted by atomic mass is 10.1. The number of para-hydroxylation sites is 2. The van der Waals surface area contributed by atoms with Gasteiger partial charge in [-0.25, -0.2) is 0 Å². The maximum Gasteiger partial charge on any atom is 0.255 e. The largest absolute Gasteiger partial charge is 0.493 e. The van der Waals surface area contributed by atoms with E-state index in [1.54, 1.807) is 24.3 Å². The summed E-state index contributed by atoms with van der Waals surface area (Å²) in [5.74, 6) is 0.767. The van der Waals surface area contributed by atoms with Crippen LogP contribution in [0.4, 0.5) is 0 Å². The molecule has 0 heterocycles. The van der Waals surface area contributed by atoms with Crippen LogP contribution in [0.15, 0.2) is 109 Å². The number of carbonyl (C=O) groups excluding carboxylic acids is 2. The Morgan fingerprint density at radius 2 is 0.868 bits per heavy atom. The highest BCUT2D eigenvalue weighted by Gasteiger charge is 2.13. The fourth-order valence-electron chi connectivity index (χ4n) is 3.88. The summed E-state index contributed by atoms with van der Waals surface area (Å²) >= 11 is 0. The van der Waals surface area contributed by atoms with Crippen molar-refractivity contribution < 1.29 is 19.1 Å². The van der Waals surface area contributed by atoms with Crippen LogP contribution in [0.2, 0.25) is 0 Å². The number of benzene rings is 4. The molecule has 4 aromatic carbocycles. The minimum Gasteiger partial charge on any atom is -0.493 e. The molecule has 2 amide bonds. The number of unbranched alkanes of at least 4 members (excludes halogenated alkanes) is 1. The van der Waals surface area contributed by atoms with Crippen molar-refractivity contribution in [3.63, 3.8) is 0 Å². The molecule has 0 aliphatic heterocycles. The molecule has 38 heavy (non-hydrogen) atoms. The van der Waals surface area contributed by atoms with Gasteiger partial charge in [-0.2, -0.15) is 0 Å². The molecule has 0 fully saturated rings. The number of hydrogen-bond acceptors (Lipinski definition) is 4. The summed E-state index contributed by atoms with van der Waals surface area (Å²) in [6.07, 6.45) is 1.48. The summed E-state index contributed by atoms with van der Waals surface area (Å²) in [5.41, 5.74) is 3.09. The van der Waals surface area contributed by atoms with E-state index in [0.717, 1.165) is 24.0 Å². The van der Waals surface area contributed by atoms with Crippen LogP contribution in [0.3, 0.4) is 0 Å². The lowest BCUT2D eigenvalue weighted by Crippen LogP contribution is -2.23. The van der Waals surface area contributed by atoms with Crippen LogP contribution in [-0.4, -0.2) is 25.0 Å². The van der Waals surface area contributed by atoms with Crippen LogP contribution in [0.1, 0.15) is 44.7 Å². The molecule has 6 nitrogen and oxygen atoms in total. The molecular weight excluding hydrogens is 476 g/mol. The fourth-order valence-corrected chi connectivity index (χ4v) is 3.88. The van der Waals surface area contributed by atoms with Crippen LogP contribution >= 0.6 is 0 Å². The maximum atomic E-state index is 12.7. The number of carbonyl (C=O) groups is 2. The first-order chi connectivity index (χ1) is 18.7. The topological polar surface area (TPSA) is 76.7 Å². The fraction of sp³-hybridized carbons (Fsp3) is 0.188. The van der Waals surface area contributed by atoms with Crippen molar-refractivity contribution in [2.24, 2.45) is 0 Å². The Morgan fingerprint density at radius 1 is 0.500 bits per heavy atom. The molecule has 4 aromatic rings. The smallest absolute Gasteiger partial charge is 0.255 e. The molecule has 0 aliphatic rings. The highest BCUT2D eigenvalue weighted by atomic mass is 16.5. The van der Waals surface area contributed by atoms with Crippen molar-refractivity contribution in [1.29, 1.82) is 0 Å². The van der Waals surface area contributed by atoms with Crippen molar-refractivity contribution in [2.45, 2.75) is 25.9 Å². The normalized spacial score (nSPS) is 10.4. The van der Waals surface area contributed by atoms with Gasteiger partial charge in [0.1, 0.15) is 11.5 Å². The van der Waals surface area contributed by atoms with Crippen LogP contribution in [0.25, 0.3) is 0 Å². The Hall–Kier alpha value is -4.58. The predicted molar refractivity (Wildman–Crippen MR) is 148 cm³/mol. The van der Waals surface area contributed by atoms with Gasteiger partial charge in [-0.3, -0.25) is 9.59 Å². The first-order valence-corrected chi connectivity index (χ1v) is 12.8. The maximum absolute atomic E-state index is 12.7. The zero-order valence-electron chi connectivity index (χ0n) is 21.3. The molecule has 0 bridgehead atoms. The second kappa shape index (κ2) is 14.2. The third-order valence-corrected chi connectivity index (χ3v) is 5.91. The molecule has 4 rings (SSSR count). The number of hydrogen-bond donors (Lipinski definition) is 2. The van der Waals surface area contributed by atoms with E-state index >= 15 is 0 Å². The molecule has 6 heteroatoms. The van der Waals surface area contributed by atoms with Crippen LogP contribution < -0.4 is 20.1 Å². The SMILES string of the molecule is O=C(NCc1ccccc1)c1ccccc1OCCCCOc1ccccc1C(=O)NCc1ccccc1. The Bertz CT molecular complexity index is 1210. The second-order valence-electron chi connectivity index (χ2n) is 8.73. The zero-order valence-corrected chi connectivity index (χ0v) is 21.3. The zero-order chi connectivity index (χ0) is 26.4. The standard InChI is InChI=1S/C32H32N2O4/c35-31(33-23-25-13-3-1-4-14-25)27-17-7-9-19-29(27)37-21-11-12-22-38-30-20-10-8-18-28(30)32(36)34-24-26-15-5-2-6-16-26/h1-10,13-20H,11-12,21-24H2,(H,33,35)(H,34,36). The number of rotatable bonds is 13. The van der Waals surface area contributed by atoms with Gasteiger partial charge < -0.3 is 20.1 Å². The van der Waals surface area contributed by atoms with Crippen molar-refractivity contribution in [3.8, 4) is 11.5 Å². The van der Waals surface area contributed by atoms with Gasteiger partial charge in [0.05, 0.1) is 24.3 Å². The predicted octanol–water partition coefficient (Wildman–Crippen LogP) is 5.78. The first-order valence-electron chi connectivity index (χ1n) is 12.8. The Labute approximate surface area is 223 Å². The summed E-state index contributed by atoms with van der Waals surface area (Å²) in [6, 6.07) is 34.1. The van der Waals surface area contributed by atoms with E-state index in [1.807, 2.05) is 84.9 Å². The van der Waals surface area contributed by atoms with Gasteiger partial charge in [-0.1, -0.05) is 84.9 Å². The molecule has 0 unspecified atom stereocenters. The highest BCUT2D eigenvalue weighted by molar-refractivity contribution is 5.97. The molecule has 2 N–H and O–H groups in total. The Balaban J connectivity index is 1.20. The van der Waals surface area contributed by atoms with Crippen molar-refractivity contribution in [1.82, 2.24) is 10.6 Å². The lowest BCUT2D eigenvalue weighted by molar-refractivity contribution is 0.0937. The van der Waals surface area contributed by atoms with Gasteiger partial charge in [-0.15, -0.1) is 0 Å². The number of ether oxygens (including phenoxy) is 2. The third kappa shape index (κ3) is 7.96. The summed E-state index contributed by atoms with van der Waals surface area (Å²) in [5, 5.41) is 5.89. The summed E-state index contributed by atoms with van der Waals surface area (Å²) < 4.78 is 11.8. The van der Waals surface area contributed by atoms with Crippen molar-refractivity contribution in [3.05, 3.63) is 131 Å². The third-order valence-electron chi connectivity index (χ3n) is 5.91. The van der Waals surface area contributed by atoms with Gasteiger partial charge >= 0.3 is 0 Å². The molecular formula is C32H32N2O4. The van der Waals surface area contributed by atoms with Gasteiger partial charge in [0, 0.05) is 13.1 Å². The average molecular weight is 509 g/mol. The van der Waals surface area contributed by atoms with E-state index in [0.29, 0.717) is 48.9 Å². The Morgan fingerprint density at radius 3 is 1.29 bits per heavy atom. The molecule has 0 atom stereocenters. The molecule has 0 spiro atoms. The van der Waals surface area contributed by atoms with Crippen LogP contribution in [-0.2, 0) is 13.1 Å². The molecule has 0 aromatic heterocycles. The first kappa shape index (κ1) is 26.5. The molecule has 0 radical (unpaired) electrons.